The van der Waals surface area contributed by atoms with Crippen molar-refractivity contribution in [3.8, 4) is 0 Å². The zero-order valence-electron chi connectivity index (χ0n) is 15.3. The van der Waals surface area contributed by atoms with Gasteiger partial charge in [-0.25, -0.2) is 0 Å². The third kappa shape index (κ3) is 4.48. The van der Waals surface area contributed by atoms with Crippen LogP contribution >= 0.6 is 11.6 Å². The Hall–Kier alpha value is -1.79. The second kappa shape index (κ2) is 8.27. The van der Waals surface area contributed by atoms with Crippen LogP contribution < -0.4 is 10.6 Å². The molecule has 142 valence electrons. The minimum atomic E-state index is -0.298. The summed E-state index contributed by atoms with van der Waals surface area (Å²) in [6, 6.07) is 5.96. The van der Waals surface area contributed by atoms with E-state index >= 15 is 0 Å². The summed E-state index contributed by atoms with van der Waals surface area (Å²) < 4.78 is 0. The van der Waals surface area contributed by atoms with Crippen LogP contribution in [0.4, 0.5) is 5.69 Å². The highest BCUT2D eigenvalue weighted by molar-refractivity contribution is 6.30. The Morgan fingerprint density at radius 3 is 2.62 bits per heavy atom. The lowest BCUT2D eigenvalue weighted by atomic mass is 9.97. The molecule has 0 radical (unpaired) electrons. The number of hydrogen-bond acceptors (Lipinski definition) is 4. The SMILES string of the molecule is Cc1ccc(Cl)cc1N1CCN(CC(=O)N2CCC[C@H](C(N)=O)C2)CC1. The van der Waals surface area contributed by atoms with Crippen LogP contribution in [0.25, 0.3) is 0 Å². The second-order valence-corrected chi connectivity index (χ2v) is 7.71. The number of nitrogens with zero attached hydrogens (tertiary/aromatic N) is 3. The molecule has 26 heavy (non-hydrogen) atoms. The first kappa shape index (κ1) is 19.0. The van der Waals surface area contributed by atoms with Crippen molar-refractivity contribution in [2.75, 3.05) is 50.7 Å². The summed E-state index contributed by atoms with van der Waals surface area (Å²) in [5, 5.41) is 0.748. The molecule has 1 atom stereocenters. The Balaban J connectivity index is 1.51. The number of hydrogen-bond donors (Lipinski definition) is 1. The summed E-state index contributed by atoms with van der Waals surface area (Å²) in [6.07, 6.45) is 1.64. The van der Waals surface area contributed by atoms with E-state index in [9.17, 15) is 9.59 Å². The minimum absolute atomic E-state index is 0.100. The molecule has 0 bridgehead atoms. The number of piperidine rings is 1. The second-order valence-electron chi connectivity index (χ2n) is 7.28. The maximum atomic E-state index is 12.6. The zero-order valence-corrected chi connectivity index (χ0v) is 16.0. The van der Waals surface area contributed by atoms with E-state index < -0.39 is 0 Å². The molecule has 0 saturated carbocycles. The average Bonchev–Trinajstić information content (AvgIpc) is 2.64. The monoisotopic (exact) mass is 378 g/mol. The Kier molecular flexibility index (Phi) is 6.04. The van der Waals surface area contributed by atoms with Crippen LogP contribution in [0.5, 0.6) is 0 Å². The Morgan fingerprint density at radius 1 is 1.19 bits per heavy atom. The number of carbonyl (C=O) groups excluding carboxylic acids is 2. The van der Waals surface area contributed by atoms with Gasteiger partial charge < -0.3 is 15.5 Å². The predicted octanol–water partition coefficient (Wildman–Crippen LogP) is 1.49. The number of anilines is 1. The number of aryl methyl sites for hydroxylation is 1. The molecule has 2 amide bonds. The molecule has 2 saturated heterocycles. The van der Waals surface area contributed by atoms with Crippen molar-refractivity contribution in [1.82, 2.24) is 9.80 Å². The van der Waals surface area contributed by atoms with Gasteiger partial charge in [0.1, 0.15) is 0 Å². The molecule has 2 N–H and O–H groups in total. The molecule has 2 aliphatic rings. The highest BCUT2D eigenvalue weighted by atomic mass is 35.5. The number of halogens is 1. The molecule has 1 aromatic rings. The van der Waals surface area contributed by atoms with E-state index in [4.69, 9.17) is 17.3 Å². The summed E-state index contributed by atoms with van der Waals surface area (Å²) in [6.45, 7) is 7.12. The normalized spacial score (nSPS) is 21.7. The highest BCUT2D eigenvalue weighted by Gasteiger charge is 2.28. The van der Waals surface area contributed by atoms with E-state index in [-0.39, 0.29) is 17.7 Å². The lowest BCUT2D eigenvalue weighted by Gasteiger charge is -2.38. The average molecular weight is 379 g/mol. The van der Waals surface area contributed by atoms with Gasteiger partial charge in [0, 0.05) is 50.0 Å². The van der Waals surface area contributed by atoms with Crippen molar-refractivity contribution in [3.05, 3.63) is 28.8 Å². The van der Waals surface area contributed by atoms with Crippen LogP contribution in [0.2, 0.25) is 5.02 Å². The number of nitrogens with two attached hydrogens (primary N) is 1. The lowest BCUT2D eigenvalue weighted by Crippen LogP contribution is -2.52. The molecule has 0 aliphatic carbocycles. The molecule has 2 heterocycles. The van der Waals surface area contributed by atoms with Crippen molar-refractivity contribution in [2.45, 2.75) is 19.8 Å². The van der Waals surface area contributed by atoms with Crippen molar-refractivity contribution in [1.29, 1.82) is 0 Å². The summed E-state index contributed by atoms with van der Waals surface area (Å²) in [7, 11) is 0. The van der Waals surface area contributed by atoms with Crippen molar-refractivity contribution >= 4 is 29.1 Å². The van der Waals surface area contributed by atoms with Crippen molar-refractivity contribution in [2.24, 2.45) is 11.7 Å². The molecule has 7 heteroatoms. The van der Waals surface area contributed by atoms with Crippen molar-refractivity contribution in [3.63, 3.8) is 0 Å². The fraction of sp³-hybridized carbons (Fsp3) is 0.579. The fourth-order valence-corrected chi connectivity index (χ4v) is 3.96. The molecule has 6 nitrogen and oxygen atoms in total. The number of amides is 2. The van der Waals surface area contributed by atoms with Gasteiger partial charge in [0.05, 0.1) is 12.5 Å². The van der Waals surface area contributed by atoms with Crippen LogP contribution in [0, 0.1) is 12.8 Å². The van der Waals surface area contributed by atoms with Crippen molar-refractivity contribution < 1.29 is 9.59 Å². The Bertz CT molecular complexity index is 674. The third-order valence-electron chi connectivity index (χ3n) is 5.42. The molecular weight excluding hydrogens is 352 g/mol. The lowest BCUT2D eigenvalue weighted by molar-refractivity contribution is -0.136. The van der Waals surface area contributed by atoms with Crippen LogP contribution in [0.3, 0.4) is 0 Å². The summed E-state index contributed by atoms with van der Waals surface area (Å²) in [5.74, 6) is -0.397. The van der Waals surface area contributed by atoms with E-state index in [1.807, 2.05) is 18.2 Å². The molecule has 0 unspecified atom stereocenters. The van der Waals surface area contributed by atoms with Gasteiger partial charge in [-0.2, -0.15) is 0 Å². The Labute approximate surface area is 159 Å². The topological polar surface area (TPSA) is 69.9 Å². The summed E-state index contributed by atoms with van der Waals surface area (Å²) in [4.78, 5) is 30.3. The standard InChI is InChI=1S/C19H27ClN4O2/c1-14-4-5-16(20)11-17(14)23-9-7-22(8-10-23)13-18(25)24-6-2-3-15(12-24)19(21)26/h4-5,11,15H,2-3,6-10,12-13H2,1H3,(H2,21,26)/t15-/m0/s1. The maximum absolute atomic E-state index is 12.6. The molecule has 0 spiro atoms. The predicted molar refractivity (Wildman–Crippen MR) is 103 cm³/mol. The van der Waals surface area contributed by atoms with Gasteiger partial charge >= 0.3 is 0 Å². The molecule has 2 fully saturated rings. The fourth-order valence-electron chi connectivity index (χ4n) is 3.80. The molecule has 3 rings (SSSR count). The number of likely N-dealkylation sites (tertiary alicyclic amines) is 1. The maximum Gasteiger partial charge on any atom is 0.236 e. The largest absolute Gasteiger partial charge is 0.369 e. The molecule has 1 aromatic carbocycles. The third-order valence-corrected chi connectivity index (χ3v) is 5.65. The quantitative estimate of drug-likeness (QED) is 0.861. The number of carbonyl (C=O) groups is 2. The summed E-state index contributed by atoms with van der Waals surface area (Å²) >= 11 is 6.13. The van der Waals surface area contributed by atoms with E-state index in [1.165, 1.54) is 11.3 Å². The first-order chi connectivity index (χ1) is 12.4. The van der Waals surface area contributed by atoms with Gasteiger partial charge in [-0.05, 0) is 37.5 Å². The molecule has 2 aliphatic heterocycles. The van der Waals surface area contributed by atoms with Gasteiger partial charge in [-0.15, -0.1) is 0 Å². The van der Waals surface area contributed by atoms with E-state index in [2.05, 4.69) is 16.7 Å². The van der Waals surface area contributed by atoms with Gasteiger partial charge in [0.15, 0.2) is 0 Å². The Morgan fingerprint density at radius 2 is 1.92 bits per heavy atom. The van der Waals surface area contributed by atoms with Crippen LogP contribution in [-0.4, -0.2) is 67.4 Å². The van der Waals surface area contributed by atoms with Crippen LogP contribution in [0.1, 0.15) is 18.4 Å². The number of benzene rings is 1. The molecular formula is C19H27ClN4O2. The van der Waals surface area contributed by atoms with Gasteiger partial charge in [-0.3, -0.25) is 14.5 Å². The van der Waals surface area contributed by atoms with E-state index in [0.29, 0.717) is 13.1 Å². The van der Waals surface area contributed by atoms with Crippen LogP contribution in [0.15, 0.2) is 18.2 Å². The first-order valence-electron chi connectivity index (χ1n) is 9.24. The van der Waals surface area contributed by atoms with E-state index in [1.54, 1.807) is 4.90 Å². The van der Waals surface area contributed by atoms with E-state index in [0.717, 1.165) is 50.6 Å². The number of piperazine rings is 1. The highest BCUT2D eigenvalue weighted by Crippen LogP contribution is 2.25. The zero-order chi connectivity index (χ0) is 18.7. The van der Waals surface area contributed by atoms with Crippen LogP contribution in [-0.2, 0) is 9.59 Å². The smallest absolute Gasteiger partial charge is 0.236 e. The summed E-state index contributed by atoms with van der Waals surface area (Å²) in [5.41, 5.74) is 7.79. The number of rotatable bonds is 4. The number of primary amides is 1. The first-order valence-corrected chi connectivity index (χ1v) is 9.62. The van der Waals surface area contributed by atoms with Gasteiger partial charge in [0.25, 0.3) is 0 Å². The van der Waals surface area contributed by atoms with Gasteiger partial charge in [0.2, 0.25) is 11.8 Å². The minimum Gasteiger partial charge on any atom is -0.369 e. The van der Waals surface area contributed by atoms with Gasteiger partial charge in [-0.1, -0.05) is 17.7 Å². The molecule has 0 aromatic heterocycles.